The van der Waals surface area contributed by atoms with Gasteiger partial charge in [-0.05, 0) is 102 Å². The zero-order valence-electron chi connectivity index (χ0n) is 27.3. The van der Waals surface area contributed by atoms with Gasteiger partial charge in [0.25, 0.3) is 0 Å². The predicted octanol–water partition coefficient (Wildman–Crippen LogP) is 10.9. The number of nitrogens with zero attached hydrogens (tertiary/aromatic N) is 4. The van der Waals surface area contributed by atoms with Gasteiger partial charge in [0.1, 0.15) is 11.2 Å². The van der Waals surface area contributed by atoms with Crippen LogP contribution in [0.15, 0.2) is 108 Å². The van der Waals surface area contributed by atoms with Gasteiger partial charge >= 0.3 is 0 Å². The number of aromatic nitrogens is 3. The minimum atomic E-state index is 0.265. The number of para-hydroxylation sites is 1. The molecule has 2 fully saturated rings. The first-order chi connectivity index (χ1) is 23.4. The highest BCUT2D eigenvalue weighted by atomic mass is 16.3. The lowest BCUT2D eigenvalue weighted by atomic mass is 9.54. The summed E-state index contributed by atoms with van der Waals surface area (Å²) in [5.74, 6) is 4.17. The minimum Gasteiger partial charge on any atom is -0.455 e. The molecule has 2 aliphatic carbocycles. The Bertz CT molecular complexity index is 2380. The van der Waals surface area contributed by atoms with Gasteiger partial charge in [0.15, 0.2) is 17.5 Å². The molecule has 5 aromatic carbocycles. The molecule has 2 heterocycles. The summed E-state index contributed by atoms with van der Waals surface area (Å²) in [7, 11) is 0. The fourth-order valence-electron chi connectivity index (χ4n) is 9.16. The third-order valence-corrected chi connectivity index (χ3v) is 10.9. The Hall–Kier alpha value is -5.34. The monoisotopic (exact) mass is 624 g/mol. The molecule has 0 aliphatic heterocycles. The van der Waals surface area contributed by atoms with E-state index in [-0.39, 0.29) is 5.41 Å². The van der Waals surface area contributed by atoms with Crippen LogP contribution < -0.4 is 0 Å². The zero-order valence-corrected chi connectivity index (χ0v) is 27.3. The molecule has 0 spiro atoms. The van der Waals surface area contributed by atoms with E-state index >= 15 is 0 Å². The number of hydrogen-bond acceptors (Lipinski definition) is 5. The Balaban J connectivity index is 1.19. The largest absolute Gasteiger partial charge is 0.455 e. The van der Waals surface area contributed by atoms with Crippen molar-refractivity contribution in [3.63, 3.8) is 0 Å². The van der Waals surface area contributed by atoms with Gasteiger partial charge in [-0.2, -0.15) is 5.26 Å². The minimum absolute atomic E-state index is 0.265. The number of nitriles is 1. The van der Waals surface area contributed by atoms with Crippen LogP contribution in [-0.4, -0.2) is 15.0 Å². The zero-order chi connectivity index (χ0) is 32.4. The molecular weight excluding hydrogens is 589 g/mol. The summed E-state index contributed by atoms with van der Waals surface area (Å²) in [6.45, 7) is 4.88. The topological polar surface area (TPSA) is 75.6 Å². The average molecular weight is 625 g/mol. The van der Waals surface area contributed by atoms with Crippen molar-refractivity contribution in [1.29, 1.82) is 5.26 Å². The van der Waals surface area contributed by atoms with E-state index in [9.17, 15) is 5.26 Å². The first-order valence-corrected chi connectivity index (χ1v) is 17.2. The van der Waals surface area contributed by atoms with E-state index in [0.29, 0.717) is 28.6 Å². The standard InChI is InChI=1S/C43H36N4O/c1-26-18-29-19-27(2)23-43(22-26,24-29)34-15-13-31(14-16-34)40-45-41(33-12-11-30-6-3-4-7-32(30)21-33)47-42(46-40)36-9-5-8-35-37-20-28(25-44)10-17-38(37)48-39(35)36/h3-17,20-21,26-27,29H,18-19,22-24H2,1-2H3/t26-,27+,29?,43?. The maximum absolute atomic E-state index is 9.53. The molecule has 7 aromatic rings. The highest BCUT2D eigenvalue weighted by molar-refractivity contribution is 6.09. The SMILES string of the molecule is C[C@@H]1CC2C[C@H](C)CC(c3ccc(-c4nc(-c5ccc6ccccc6c5)nc(-c5cccc6c5oc5ccc(C#N)cc56)n4)cc3)(C2)C1. The van der Waals surface area contributed by atoms with Crippen LogP contribution in [-0.2, 0) is 5.41 Å². The van der Waals surface area contributed by atoms with Gasteiger partial charge in [-0.25, -0.2) is 15.0 Å². The summed E-state index contributed by atoms with van der Waals surface area (Å²) in [4.78, 5) is 15.3. The molecule has 0 radical (unpaired) electrons. The van der Waals surface area contributed by atoms with Crippen molar-refractivity contribution in [2.45, 2.75) is 51.4 Å². The van der Waals surface area contributed by atoms with Crippen molar-refractivity contribution in [3.8, 4) is 40.2 Å². The van der Waals surface area contributed by atoms with Crippen molar-refractivity contribution in [2.24, 2.45) is 17.8 Å². The summed E-state index contributed by atoms with van der Waals surface area (Å²) in [5.41, 5.74) is 6.45. The molecule has 0 saturated heterocycles. The second-order valence-electron chi connectivity index (χ2n) is 14.5. The van der Waals surface area contributed by atoms with Crippen LogP contribution in [0.4, 0.5) is 0 Å². The van der Waals surface area contributed by atoms with Crippen LogP contribution in [0.25, 0.3) is 66.9 Å². The first-order valence-electron chi connectivity index (χ1n) is 17.2. The second-order valence-corrected chi connectivity index (χ2v) is 14.5. The van der Waals surface area contributed by atoms with Gasteiger partial charge in [0.2, 0.25) is 0 Å². The molecule has 9 rings (SSSR count). The Morgan fingerprint density at radius 2 is 1.38 bits per heavy atom. The van der Waals surface area contributed by atoms with Crippen LogP contribution in [0.3, 0.4) is 0 Å². The fourth-order valence-corrected chi connectivity index (χ4v) is 9.16. The van der Waals surface area contributed by atoms with E-state index in [0.717, 1.165) is 56.2 Å². The maximum Gasteiger partial charge on any atom is 0.167 e. The lowest BCUT2D eigenvalue weighted by Crippen LogP contribution is -2.42. The van der Waals surface area contributed by atoms with Crippen molar-refractivity contribution in [1.82, 2.24) is 15.0 Å². The van der Waals surface area contributed by atoms with Crippen molar-refractivity contribution in [2.75, 3.05) is 0 Å². The molecule has 2 unspecified atom stereocenters. The lowest BCUT2D eigenvalue weighted by molar-refractivity contribution is 0.0780. The number of hydrogen-bond donors (Lipinski definition) is 0. The Morgan fingerprint density at radius 1 is 0.667 bits per heavy atom. The smallest absolute Gasteiger partial charge is 0.167 e. The van der Waals surface area contributed by atoms with Crippen LogP contribution in [0, 0.1) is 29.1 Å². The average Bonchev–Trinajstić information content (AvgIpc) is 3.49. The van der Waals surface area contributed by atoms with Gasteiger partial charge in [0.05, 0.1) is 17.2 Å². The van der Waals surface area contributed by atoms with E-state index < -0.39 is 0 Å². The number of benzene rings is 5. The maximum atomic E-state index is 9.53. The Morgan fingerprint density at radius 3 is 2.15 bits per heavy atom. The summed E-state index contributed by atoms with van der Waals surface area (Å²) in [6.07, 6.45) is 6.58. The van der Waals surface area contributed by atoms with Gasteiger partial charge in [-0.15, -0.1) is 0 Å². The molecule has 5 nitrogen and oxygen atoms in total. The van der Waals surface area contributed by atoms with E-state index in [1.807, 2.05) is 30.3 Å². The molecule has 2 aromatic heterocycles. The lowest BCUT2D eigenvalue weighted by Gasteiger charge is -2.50. The summed E-state index contributed by atoms with van der Waals surface area (Å²) in [6, 6.07) is 37.6. The number of rotatable bonds is 4. The molecule has 234 valence electrons. The number of fused-ring (bicyclic) bond motifs is 6. The quantitative estimate of drug-likeness (QED) is 0.195. The summed E-state index contributed by atoms with van der Waals surface area (Å²) >= 11 is 0. The van der Waals surface area contributed by atoms with Crippen LogP contribution in [0.1, 0.15) is 57.1 Å². The van der Waals surface area contributed by atoms with E-state index in [1.165, 1.54) is 43.1 Å². The van der Waals surface area contributed by atoms with E-state index in [4.69, 9.17) is 19.4 Å². The Labute approximate surface area is 280 Å². The fraction of sp³-hybridized carbons (Fsp3) is 0.256. The molecule has 5 heteroatoms. The van der Waals surface area contributed by atoms with E-state index in [1.54, 1.807) is 6.07 Å². The Kier molecular flexibility index (Phi) is 6.69. The van der Waals surface area contributed by atoms with Crippen molar-refractivity contribution in [3.05, 3.63) is 114 Å². The molecule has 2 aliphatic rings. The van der Waals surface area contributed by atoms with Crippen molar-refractivity contribution < 1.29 is 4.42 Å². The highest BCUT2D eigenvalue weighted by Gasteiger charge is 2.45. The van der Waals surface area contributed by atoms with Gasteiger partial charge < -0.3 is 4.42 Å². The summed E-state index contributed by atoms with van der Waals surface area (Å²) in [5, 5.41) is 13.7. The highest BCUT2D eigenvalue weighted by Crippen LogP contribution is 2.54. The summed E-state index contributed by atoms with van der Waals surface area (Å²) < 4.78 is 6.41. The third-order valence-electron chi connectivity index (χ3n) is 10.9. The van der Waals surface area contributed by atoms with E-state index in [2.05, 4.69) is 86.6 Å². The molecule has 4 atom stereocenters. The second kappa shape index (κ2) is 11.1. The van der Waals surface area contributed by atoms with Crippen molar-refractivity contribution >= 4 is 32.7 Å². The van der Waals surface area contributed by atoms with Crippen LogP contribution in [0.5, 0.6) is 0 Å². The van der Waals surface area contributed by atoms with Gasteiger partial charge in [0, 0.05) is 21.9 Å². The van der Waals surface area contributed by atoms with Gasteiger partial charge in [-0.3, -0.25) is 0 Å². The van der Waals surface area contributed by atoms with Crippen LogP contribution >= 0.6 is 0 Å². The molecule has 0 amide bonds. The normalized spacial score (nSPS) is 22.2. The third kappa shape index (κ3) is 4.86. The van der Waals surface area contributed by atoms with Gasteiger partial charge in [-0.1, -0.05) is 86.6 Å². The molecule has 2 saturated carbocycles. The molecule has 48 heavy (non-hydrogen) atoms. The predicted molar refractivity (Wildman–Crippen MR) is 192 cm³/mol. The van der Waals surface area contributed by atoms with Crippen LogP contribution in [0.2, 0.25) is 0 Å². The molecular formula is C43H36N4O. The molecule has 0 N–H and O–H groups in total. The number of furan rings is 1. The molecule has 2 bridgehead atoms. The first kappa shape index (κ1) is 28.8.